The van der Waals surface area contributed by atoms with E-state index in [0.29, 0.717) is 17.8 Å². The van der Waals surface area contributed by atoms with Gasteiger partial charge in [-0.25, -0.2) is 0 Å². The second-order valence-corrected chi connectivity index (χ2v) is 20.7. The molecule has 0 heterocycles. The van der Waals surface area contributed by atoms with E-state index in [4.69, 9.17) is 9.16 Å². The Morgan fingerprint density at radius 2 is 1.74 bits per heavy atom. The summed E-state index contributed by atoms with van der Waals surface area (Å²) in [6.07, 6.45) is 13.0. The van der Waals surface area contributed by atoms with Crippen molar-refractivity contribution >= 4 is 8.32 Å². The zero-order valence-electron chi connectivity index (χ0n) is 26.2. The average molecular weight is 547 g/mol. The van der Waals surface area contributed by atoms with Crippen molar-refractivity contribution in [2.75, 3.05) is 6.61 Å². The van der Waals surface area contributed by atoms with Crippen molar-refractivity contribution in [2.45, 2.75) is 149 Å². The molecule has 5 heteroatoms. The zero-order chi connectivity index (χ0) is 28.3. The second-order valence-electron chi connectivity index (χ2n) is 15.9. The van der Waals surface area contributed by atoms with E-state index in [0.717, 1.165) is 32.3 Å². The number of hydrogen-bond donors (Lipinski definition) is 2. The van der Waals surface area contributed by atoms with Crippen LogP contribution in [-0.2, 0) is 9.16 Å². The molecule has 0 aromatic rings. The van der Waals surface area contributed by atoms with Gasteiger partial charge in [-0.15, -0.1) is 0 Å². The van der Waals surface area contributed by atoms with Crippen molar-refractivity contribution in [2.24, 2.45) is 28.6 Å². The molecule has 4 rings (SSSR count). The van der Waals surface area contributed by atoms with Gasteiger partial charge in [-0.3, -0.25) is 0 Å². The predicted octanol–water partition coefficient (Wildman–Crippen LogP) is 7.80. The summed E-state index contributed by atoms with van der Waals surface area (Å²) in [7, 11) is -1.99. The summed E-state index contributed by atoms with van der Waals surface area (Å²) in [6.45, 7) is 23.5. The third kappa shape index (κ3) is 5.53. The summed E-state index contributed by atoms with van der Waals surface area (Å²) in [5, 5.41) is 21.1. The second kappa shape index (κ2) is 10.4. The Morgan fingerprint density at radius 3 is 2.37 bits per heavy atom. The van der Waals surface area contributed by atoms with Crippen LogP contribution >= 0.6 is 0 Å². The van der Waals surface area contributed by atoms with Crippen LogP contribution in [0.3, 0.4) is 0 Å². The van der Waals surface area contributed by atoms with Crippen LogP contribution in [0.2, 0.25) is 18.1 Å². The summed E-state index contributed by atoms with van der Waals surface area (Å²) in [5.41, 5.74) is 2.69. The molecular weight excluding hydrogens is 488 g/mol. The highest BCUT2D eigenvalue weighted by Crippen LogP contribution is 2.66. The third-order valence-corrected chi connectivity index (χ3v) is 16.3. The number of aliphatic hydroxyl groups is 2. The van der Waals surface area contributed by atoms with Gasteiger partial charge >= 0.3 is 0 Å². The van der Waals surface area contributed by atoms with Crippen molar-refractivity contribution in [3.63, 3.8) is 0 Å². The van der Waals surface area contributed by atoms with Crippen molar-refractivity contribution in [3.8, 4) is 0 Å². The molecule has 38 heavy (non-hydrogen) atoms. The molecule has 0 aliphatic heterocycles. The van der Waals surface area contributed by atoms with Crippen LogP contribution in [0.5, 0.6) is 0 Å². The van der Waals surface area contributed by atoms with E-state index in [1.54, 1.807) is 5.57 Å². The Balaban J connectivity index is 1.54. The van der Waals surface area contributed by atoms with Crippen LogP contribution in [0.1, 0.15) is 107 Å². The van der Waals surface area contributed by atoms with E-state index in [2.05, 4.69) is 66.8 Å². The van der Waals surface area contributed by atoms with Gasteiger partial charge < -0.3 is 19.4 Å². The molecule has 0 bridgehead atoms. The standard InChI is InChI=1S/C33H58O4Si/c1-22(36-19-11-17-31(5,6)35)26-14-15-27-25-13-12-23-20-24(34)21-29(37-38(9,10)30(2,3)4)33(23,8)28(25)16-18-32(26,27)7/h12-13,22,24,26-29,34-35H,11,14-21H2,1-10H3/t22-,24+,26+,27-,28-,29-,32+,33-/m0/s1. The summed E-state index contributed by atoms with van der Waals surface area (Å²) in [4.78, 5) is 0. The molecular formula is C33H58O4Si. The minimum absolute atomic E-state index is 0.0303. The molecule has 0 aromatic heterocycles. The van der Waals surface area contributed by atoms with Gasteiger partial charge in [-0.2, -0.15) is 0 Å². The Hall–Kier alpha value is -0.463. The van der Waals surface area contributed by atoms with E-state index in [-0.39, 0.29) is 34.2 Å². The first-order valence-corrected chi connectivity index (χ1v) is 18.4. The maximum atomic E-state index is 10.9. The number of ether oxygens (including phenoxy) is 1. The van der Waals surface area contributed by atoms with Gasteiger partial charge in [0.05, 0.1) is 23.9 Å². The molecule has 0 amide bonds. The third-order valence-electron chi connectivity index (χ3n) is 11.8. The SMILES string of the molecule is C[C@H](OCCCC(C)(C)O)[C@H]1CC[C@H]2C3=CC=C4C[C@@H](O)C[C@H](O[Si](C)(C)C(C)(C)C)[C@]4(C)[C@H]3CC[C@]12C. The van der Waals surface area contributed by atoms with Crippen LogP contribution in [-0.4, -0.2) is 49.1 Å². The van der Waals surface area contributed by atoms with Gasteiger partial charge in [0.25, 0.3) is 0 Å². The highest BCUT2D eigenvalue weighted by molar-refractivity contribution is 6.74. The largest absolute Gasteiger partial charge is 0.413 e. The fourth-order valence-electron chi connectivity index (χ4n) is 8.43. The van der Waals surface area contributed by atoms with Crippen molar-refractivity contribution in [1.29, 1.82) is 0 Å². The van der Waals surface area contributed by atoms with Crippen LogP contribution in [0, 0.1) is 28.6 Å². The van der Waals surface area contributed by atoms with Gasteiger partial charge in [-0.05, 0) is 113 Å². The Morgan fingerprint density at radius 1 is 1.05 bits per heavy atom. The molecule has 218 valence electrons. The highest BCUT2D eigenvalue weighted by atomic mass is 28.4. The van der Waals surface area contributed by atoms with Crippen LogP contribution in [0.25, 0.3) is 0 Å². The van der Waals surface area contributed by atoms with Crippen molar-refractivity contribution < 1.29 is 19.4 Å². The zero-order valence-corrected chi connectivity index (χ0v) is 27.2. The Labute approximate surface area is 234 Å². The maximum Gasteiger partial charge on any atom is 0.192 e. The summed E-state index contributed by atoms with van der Waals surface area (Å²) in [5.74, 6) is 1.68. The number of hydrogen-bond acceptors (Lipinski definition) is 4. The van der Waals surface area contributed by atoms with Gasteiger partial charge in [0.15, 0.2) is 8.32 Å². The van der Waals surface area contributed by atoms with Crippen molar-refractivity contribution in [1.82, 2.24) is 0 Å². The number of allylic oxidation sites excluding steroid dienone is 3. The Kier molecular flexibility index (Phi) is 8.36. The molecule has 0 aromatic carbocycles. The predicted molar refractivity (Wildman–Crippen MR) is 160 cm³/mol. The van der Waals surface area contributed by atoms with Crippen molar-refractivity contribution in [3.05, 3.63) is 23.3 Å². The van der Waals surface area contributed by atoms with Gasteiger partial charge in [-0.1, -0.05) is 57.9 Å². The van der Waals surface area contributed by atoms with Crippen LogP contribution < -0.4 is 0 Å². The molecule has 8 atom stereocenters. The van der Waals surface area contributed by atoms with E-state index in [1.807, 2.05) is 13.8 Å². The minimum atomic E-state index is -1.99. The molecule has 0 unspecified atom stereocenters. The molecule has 2 N–H and O–H groups in total. The quantitative estimate of drug-likeness (QED) is 0.241. The normalized spacial score (nSPS) is 38.6. The van der Waals surface area contributed by atoms with Gasteiger partial charge in [0.1, 0.15) is 0 Å². The summed E-state index contributed by atoms with van der Waals surface area (Å²) in [6, 6.07) is 0. The fourth-order valence-corrected chi connectivity index (χ4v) is 9.83. The molecule has 3 saturated carbocycles. The minimum Gasteiger partial charge on any atom is -0.413 e. The lowest BCUT2D eigenvalue weighted by Gasteiger charge is -2.58. The van der Waals surface area contributed by atoms with Gasteiger partial charge in [0.2, 0.25) is 0 Å². The molecule has 4 aliphatic rings. The molecule has 0 saturated heterocycles. The smallest absolute Gasteiger partial charge is 0.192 e. The van der Waals surface area contributed by atoms with Gasteiger partial charge in [0, 0.05) is 12.0 Å². The molecule has 3 fully saturated rings. The van der Waals surface area contributed by atoms with E-state index in [9.17, 15) is 10.2 Å². The first-order chi connectivity index (χ1) is 17.4. The number of rotatable bonds is 8. The molecule has 4 aliphatic carbocycles. The lowest BCUT2D eigenvalue weighted by Crippen LogP contribution is -2.57. The first-order valence-electron chi connectivity index (χ1n) is 15.5. The van der Waals surface area contributed by atoms with E-state index >= 15 is 0 Å². The summed E-state index contributed by atoms with van der Waals surface area (Å²) < 4.78 is 13.6. The topological polar surface area (TPSA) is 58.9 Å². The lowest BCUT2D eigenvalue weighted by atomic mass is 9.49. The first kappa shape index (κ1) is 30.5. The van der Waals surface area contributed by atoms with E-state index in [1.165, 1.54) is 31.3 Å². The fraction of sp³-hybridized carbons (Fsp3) is 0.879. The molecule has 4 nitrogen and oxygen atoms in total. The van der Waals surface area contributed by atoms with Crippen LogP contribution in [0.15, 0.2) is 23.3 Å². The lowest BCUT2D eigenvalue weighted by molar-refractivity contribution is -0.0612. The molecule has 0 spiro atoms. The summed E-state index contributed by atoms with van der Waals surface area (Å²) >= 11 is 0. The average Bonchev–Trinajstić information content (AvgIpc) is 3.13. The molecule has 0 radical (unpaired) electrons. The monoisotopic (exact) mass is 546 g/mol. The van der Waals surface area contributed by atoms with E-state index < -0.39 is 13.9 Å². The number of fused-ring (bicyclic) bond motifs is 5. The highest BCUT2D eigenvalue weighted by Gasteiger charge is 2.60. The van der Waals surface area contributed by atoms with Crippen LogP contribution in [0.4, 0.5) is 0 Å². The maximum absolute atomic E-state index is 10.9. The number of aliphatic hydroxyl groups excluding tert-OH is 1. The Bertz CT molecular complexity index is 924.